The van der Waals surface area contributed by atoms with Gasteiger partial charge < -0.3 is 0 Å². The summed E-state index contributed by atoms with van der Waals surface area (Å²) in [6.45, 7) is 4.43. The first-order chi connectivity index (χ1) is 12.1. The van der Waals surface area contributed by atoms with Gasteiger partial charge in [-0.25, -0.2) is 4.98 Å². The monoisotopic (exact) mass is 414 g/mol. The molecule has 0 saturated carbocycles. The van der Waals surface area contributed by atoms with E-state index < -0.39 is 0 Å². The largest absolute Gasteiger partial charge is 0.282 e. The number of halogens is 1. The predicted octanol–water partition coefficient (Wildman–Crippen LogP) is 5.14. The van der Waals surface area contributed by atoms with Crippen molar-refractivity contribution in [1.82, 2.24) is 9.55 Å². The molecule has 0 bridgehead atoms. The molecule has 128 valence electrons. The fourth-order valence-electron chi connectivity index (χ4n) is 2.61. The van der Waals surface area contributed by atoms with Crippen LogP contribution in [0.5, 0.6) is 0 Å². The van der Waals surface area contributed by atoms with E-state index in [-0.39, 0.29) is 5.56 Å². The molecule has 3 nitrogen and oxygen atoms in total. The third-order valence-electron chi connectivity index (χ3n) is 3.92. The minimum absolute atomic E-state index is 0.0319. The lowest BCUT2D eigenvalue weighted by atomic mass is 10.0. The Morgan fingerprint density at radius 2 is 1.68 bits per heavy atom. The number of thioether (sulfide) groups is 1. The predicted molar refractivity (Wildman–Crippen MR) is 108 cm³/mol. The third-order valence-corrected chi connectivity index (χ3v) is 5.69. The molecule has 0 fully saturated rings. The van der Waals surface area contributed by atoms with E-state index in [1.165, 1.54) is 11.1 Å². The minimum Gasteiger partial charge on any atom is -0.282 e. The van der Waals surface area contributed by atoms with E-state index in [4.69, 9.17) is 0 Å². The van der Waals surface area contributed by atoms with Crippen molar-refractivity contribution in [1.29, 1.82) is 0 Å². The van der Waals surface area contributed by atoms with E-state index in [2.05, 4.69) is 64.2 Å². The molecule has 5 heteroatoms. The zero-order valence-electron chi connectivity index (χ0n) is 14.2. The smallest absolute Gasteiger partial charge is 0.269 e. The number of nitrogens with zero attached hydrogens (tertiary/aromatic N) is 2. The molecular formula is C20H19BrN2OS. The molecular weight excluding hydrogens is 396 g/mol. The summed E-state index contributed by atoms with van der Waals surface area (Å²) in [7, 11) is 0. The van der Waals surface area contributed by atoms with Crippen molar-refractivity contribution < 1.29 is 0 Å². The van der Waals surface area contributed by atoms with Crippen LogP contribution >= 0.6 is 27.7 Å². The van der Waals surface area contributed by atoms with Crippen LogP contribution in [0, 0.1) is 6.92 Å². The second-order valence-corrected chi connectivity index (χ2v) is 7.71. The summed E-state index contributed by atoms with van der Waals surface area (Å²) in [6.07, 6.45) is 0. The Kier molecular flexibility index (Phi) is 5.76. The maximum atomic E-state index is 12.6. The molecule has 0 radical (unpaired) electrons. The van der Waals surface area contributed by atoms with E-state index >= 15 is 0 Å². The second-order valence-electron chi connectivity index (χ2n) is 5.68. The molecule has 0 N–H and O–H groups in total. The van der Waals surface area contributed by atoms with Gasteiger partial charge in [-0.1, -0.05) is 73.3 Å². The summed E-state index contributed by atoms with van der Waals surface area (Å²) in [6, 6.07) is 18.6. The number of aromatic nitrogens is 2. The van der Waals surface area contributed by atoms with Crippen LogP contribution in [0.15, 0.2) is 69.0 Å². The summed E-state index contributed by atoms with van der Waals surface area (Å²) >= 11 is 4.95. The Morgan fingerprint density at radius 1 is 1.04 bits per heavy atom. The van der Waals surface area contributed by atoms with Gasteiger partial charge >= 0.3 is 0 Å². The van der Waals surface area contributed by atoms with Gasteiger partial charge in [0.2, 0.25) is 0 Å². The molecule has 1 heterocycles. The maximum Gasteiger partial charge on any atom is 0.269 e. The van der Waals surface area contributed by atoms with Crippen LogP contribution in [0.1, 0.15) is 18.2 Å². The van der Waals surface area contributed by atoms with Crippen LogP contribution in [-0.4, -0.2) is 15.3 Å². The number of hydrogen-bond donors (Lipinski definition) is 0. The molecule has 1 aromatic heterocycles. The van der Waals surface area contributed by atoms with Gasteiger partial charge in [0.25, 0.3) is 5.56 Å². The van der Waals surface area contributed by atoms with Crippen molar-refractivity contribution in [2.75, 3.05) is 5.75 Å². The molecule has 0 aliphatic heterocycles. The van der Waals surface area contributed by atoms with Crippen molar-refractivity contribution in [2.24, 2.45) is 0 Å². The van der Waals surface area contributed by atoms with Crippen molar-refractivity contribution in [3.05, 3.63) is 80.7 Å². The van der Waals surface area contributed by atoms with Crippen molar-refractivity contribution in [2.45, 2.75) is 25.5 Å². The molecule has 3 aromatic rings. The number of aryl methyl sites for hydroxylation is 1. The second kappa shape index (κ2) is 8.02. The highest BCUT2D eigenvalue weighted by Crippen LogP contribution is 2.21. The van der Waals surface area contributed by atoms with Crippen LogP contribution in [-0.2, 0) is 6.54 Å². The van der Waals surface area contributed by atoms with Gasteiger partial charge in [0.1, 0.15) is 4.47 Å². The summed E-state index contributed by atoms with van der Waals surface area (Å²) < 4.78 is 2.27. The summed E-state index contributed by atoms with van der Waals surface area (Å²) in [5.41, 5.74) is 4.14. The van der Waals surface area contributed by atoms with Gasteiger partial charge in [-0.3, -0.25) is 9.36 Å². The third kappa shape index (κ3) is 4.05. The number of rotatable bonds is 5. The Bertz CT molecular complexity index is 921. The van der Waals surface area contributed by atoms with Gasteiger partial charge in [-0.2, -0.15) is 0 Å². The average Bonchev–Trinajstić information content (AvgIpc) is 2.65. The van der Waals surface area contributed by atoms with E-state index in [1.54, 1.807) is 16.3 Å². The molecule has 0 amide bonds. The van der Waals surface area contributed by atoms with Crippen molar-refractivity contribution >= 4 is 27.7 Å². The summed E-state index contributed by atoms with van der Waals surface area (Å²) in [5, 5.41) is 0.764. The molecule has 0 spiro atoms. The zero-order chi connectivity index (χ0) is 17.8. The molecule has 0 aliphatic rings. The van der Waals surface area contributed by atoms with Crippen LogP contribution in [0.2, 0.25) is 0 Å². The Labute approximate surface area is 160 Å². The van der Waals surface area contributed by atoms with E-state index in [0.717, 1.165) is 22.2 Å². The Morgan fingerprint density at radius 3 is 2.32 bits per heavy atom. The molecule has 0 atom stereocenters. The van der Waals surface area contributed by atoms with Crippen LogP contribution < -0.4 is 5.56 Å². The van der Waals surface area contributed by atoms with Gasteiger partial charge in [-0.05, 0) is 45.3 Å². The van der Waals surface area contributed by atoms with Crippen molar-refractivity contribution in [3.63, 3.8) is 0 Å². The Hall–Kier alpha value is -1.85. The van der Waals surface area contributed by atoms with Gasteiger partial charge in [-0.15, -0.1) is 0 Å². The lowest BCUT2D eigenvalue weighted by molar-refractivity contribution is 0.633. The average molecular weight is 415 g/mol. The zero-order valence-corrected chi connectivity index (χ0v) is 16.6. The molecule has 0 saturated heterocycles. The highest BCUT2D eigenvalue weighted by atomic mass is 79.9. The van der Waals surface area contributed by atoms with E-state index in [0.29, 0.717) is 11.0 Å². The first-order valence-electron chi connectivity index (χ1n) is 8.14. The van der Waals surface area contributed by atoms with Gasteiger partial charge in [0, 0.05) is 0 Å². The fraction of sp³-hybridized carbons (Fsp3) is 0.200. The lowest BCUT2D eigenvalue weighted by Crippen LogP contribution is -2.25. The molecule has 0 unspecified atom stereocenters. The van der Waals surface area contributed by atoms with E-state index in [1.807, 2.05) is 25.1 Å². The SMILES string of the molecule is CCSc1nc(C)c(Br)c(=O)n1Cc1ccc(-c2ccccc2)cc1. The number of hydrogen-bond acceptors (Lipinski definition) is 3. The van der Waals surface area contributed by atoms with Crippen LogP contribution in [0.3, 0.4) is 0 Å². The molecule has 2 aromatic carbocycles. The fourth-order valence-corrected chi connectivity index (χ4v) is 3.67. The quantitative estimate of drug-likeness (QED) is 0.428. The summed E-state index contributed by atoms with van der Waals surface area (Å²) in [4.78, 5) is 17.2. The minimum atomic E-state index is -0.0319. The van der Waals surface area contributed by atoms with Gasteiger partial charge in [0.15, 0.2) is 5.16 Å². The maximum absolute atomic E-state index is 12.6. The highest BCUT2D eigenvalue weighted by Gasteiger charge is 2.13. The van der Waals surface area contributed by atoms with Crippen molar-refractivity contribution in [3.8, 4) is 11.1 Å². The van der Waals surface area contributed by atoms with Crippen LogP contribution in [0.4, 0.5) is 0 Å². The normalized spacial score (nSPS) is 10.8. The Balaban J connectivity index is 1.92. The molecule has 3 rings (SSSR count). The molecule has 25 heavy (non-hydrogen) atoms. The van der Waals surface area contributed by atoms with Gasteiger partial charge in [0.05, 0.1) is 12.2 Å². The van der Waals surface area contributed by atoms with E-state index in [9.17, 15) is 4.79 Å². The molecule has 0 aliphatic carbocycles. The highest BCUT2D eigenvalue weighted by molar-refractivity contribution is 9.10. The standard InChI is InChI=1S/C20H19BrN2OS/c1-3-25-20-22-14(2)18(21)19(24)23(20)13-15-9-11-17(12-10-15)16-7-5-4-6-8-16/h4-12H,3,13H2,1-2H3. The lowest BCUT2D eigenvalue weighted by Gasteiger charge is -2.13. The topological polar surface area (TPSA) is 34.9 Å². The first kappa shape index (κ1) is 18.0. The number of benzene rings is 2. The summed E-state index contributed by atoms with van der Waals surface area (Å²) in [5.74, 6) is 0.875. The first-order valence-corrected chi connectivity index (χ1v) is 9.92. The van der Waals surface area contributed by atoms with Crippen LogP contribution in [0.25, 0.3) is 11.1 Å².